The number of hydrogen-bond donors (Lipinski definition) is 0. The van der Waals surface area contributed by atoms with E-state index in [1.807, 2.05) is 0 Å². The van der Waals surface area contributed by atoms with Crippen LogP contribution in [0, 0.1) is 0 Å². The third-order valence-corrected chi connectivity index (χ3v) is 13.8. The van der Waals surface area contributed by atoms with Gasteiger partial charge in [-0.2, -0.15) is 0 Å². The number of aromatic nitrogens is 2. The summed E-state index contributed by atoms with van der Waals surface area (Å²) in [4.78, 5) is 0. The fourth-order valence-corrected chi connectivity index (χ4v) is 11.5. The smallest absolute Gasteiger partial charge is 0.0726 e. The first-order valence-corrected chi connectivity index (χ1v) is 20.8. The number of fused-ring (bicyclic) bond motifs is 16. The van der Waals surface area contributed by atoms with Crippen LogP contribution in [0.15, 0.2) is 164 Å². The van der Waals surface area contributed by atoms with Gasteiger partial charge in [-0.25, -0.2) is 0 Å². The van der Waals surface area contributed by atoms with Crippen LogP contribution in [0.4, 0.5) is 0 Å². The zero-order valence-corrected chi connectivity index (χ0v) is 31.8. The van der Waals surface area contributed by atoms with Crippen LogP contribution in [-0.2, 0) is 24.7 Å². The molecule has 2 aromatic heterocycles. The fraction of sp³-hybridized carbons (Fsp3) is 0.127. The summed E-state index contributed by atoms with van der Waals surface area (Å²) in [6, 6.07) is 60.1. The fourth-order valence-electron chi connectivity index (χ4n) is 11.5. The van der Waals surface area contributed by atoms with Gasteiger partial charge in [0.05, 0.1) is 16.4 Å². The monoisotopic (exact) mass is 728 g/mol. The summed E-state index contributed by atoms with van der Waals surface area (Å²) >= 11 is 0. The highest BCUT2D eigenvalue weighted by Gasteiger charge is 2.51. The zero-order chi connectivity index (χ0) is 37.2. The van der Waals surface area contributed by atoms with Gasteiger partial charge in [0.25, 0.3) is 0 Å². The third-order valence-electron chi connectivity index (χ3n) is 13.8. The number of hydrogen-bond acceptors (Lipinski definition) is 0. The van der Waals surface area contributed by atoms with Crippen LogP contribution in [0.2, 0.25) is 0 Å². The Morgan fingerprint density at radius 2 is 1.00 bits per heavy atom. The lowest BCUT2D eigenvalue weighted by molar-refractivity contribution is 0.666. The second-order valence-electron chi connectivity index (χ2n) is 16.5. The molecule has 2 heterocycles. The molecule has 0 fully saturated rings. The van der Waals surface area contributed by atoms with Gasteiger partial charge in [-0.3, -0.25) is 0 Å². The predicted molar refractivity (Wildman–Crippen MR) is 236 cm³/mol. The maximum absolute atomic E-state index is 2.63. The van der Waals surface area contributed by atoms with Crippen LogP contribution in [0.1, 0.15) is 64.0 Å². The molecule has 4 aliphatic carbocycles. The van der Waals surface area contributed by atoms with Crippen LogP contribution in [0.5, 0.6) is 0 Å². The summed E-state index contributed by atoms with van der Waals surface area (Å²) in [5.41, 5.74) is 24.1. The molecule has 0 saturated carbocycles. The van der Waals surface area contributed by atoms with E-state index in [1.165, 1.54) is 124 Å². The first-order valence-electron chi connectivity index (χ1n) is 20.8. The van der Waals surface area contributed by atoms with Crippen molar-refractivity contribution in [1.82, 2.24) is 9.13 Å². The van der Waals surface area contributed by atoms with Crippen molar-refractivity contribution in [2.24, 2.45) is 0 Å². The van der Waals surface area contributed by atoms with E-state index in [-0.39, 0.29) is 5.41 Å². The van der Waals surface area contributed by atoms with Gasteiger partial charge >= 0.3 is 0 Å². The molecule has 270 valence electrons. The Kier molecular flexibility index (Phi) is 6.47. The van der Waals surface area contributed by atoms with Gasteiger partial charge in [0.15, 0.2) is 0 Å². The average molecular weight is 729 g/mol. The minimum absolute atomic E-state index is 0.349. The van der Waals surface area contributed by atoms with Gasteiger partial charge < -0.3 is 9.13 Å². The first kappa shape index (κ1) is 31.6. The number of benzene rings is 7. The van der Waals surface area contributed by atoms with Crippen molar-refractivity contribution in [2.75, 3.05) is 0 Å². The Labute approximate surface area is 333 Å². The second kappa shape index (κ2) is 11.7. The van der Waals surface area contributed by atoms with Crippen LogP contribution in [0.25, 0.3) is 72.6 Å². The molecule has 13 rings (SSSR count). The van der Waals surface area contributed by atoms with Crippen LogP contribution in [0.3, 0.4) is 0 Å². The molecule has 0 unspecified atom stereocenters. The summed E-state index contributed by atoms with van der Waals surface area (Å²) in [5, 5.41) is 2.74. The number of aryl methyl sites for hydroxylation is 1. The van der Waals surface area contributed by atoms with E-state index in [0.717, 1.165) is 25.7 Å². The van der Waals surface area contributed by atoms with Crippen molar-refractivity contribution in [1.29, 1.82) is 0 Å². The largest absolute Gasteiger partial charge is 0.313 e. The molecule has 57 heavy (non-hydrogen) atoms. The van der Waals surface area contributed by atoms with Crippen molar-refractivity contribution in [2.45, 2.75) is 43.9 Å². The topological polar surface area (TPSA) is 9.86 Å². The molecule has 4 aliphatic rings. The standard InChI is InChI=1S/C55H40N2/c1-2-14-37(15-3-1)56-51-24-12-7-19-43(51)45-32-35(26-30-53(45)56)36-27-31-54-46(33-36)44-20-8-13-25-52(44)57(54)38-28-29-42-41-18-6-11-23-49(41)55(50(42)34-38)47-21-9-4-16-39(47)40-17-5-10-22-48(40)55/h1-7,9-11,14-19,21-23,26-34H,8,12-13,20,24-25H2. The Morgan fingerprint density at radius 1 is 0.421 bits per heavy atom. The Hall–Kier alpha value is -6.64. The first-order chi connectivity index (χ1) is 28.3. The van der Waals surface area contributed by atoms with Gasteiger partial charge in [0, 0.05) is 39.1 Å². The lowest BCUT2D eigenvalue weighted by atomic mass is 9.70. The molecule has 2 nitrogen and oxygen atoms in total. The van der Waals surface area contributed by atoms with E-state index >= 15 is 0 Å². The summed E-state index contributed by atoms with van der Waals surface area (Å²) in [5.74, 6) is 0. The Bertz CT molecular complexity index is 3120. The summed E-state index contributed by atoms with van der Waals surface area (Å²) in [6.45, 7) is 0. The van der Waals surface area contributed by atoms with Gasteiger partial charge in [-0.05, 0) is 148 Å². The molecule has 1 spiro atoms. The maximum Gasteiger partial charge on any atom is 0.0726 e. The normalized spacial score (nSPS) is 15.4. The molecule has 9 aromatic rings. The highest BCUT2D eigenvalue weighted by Crippen LogP contribution is 2.63. The highest BCUT2D eigenvalue weighted by atomic mass is 15.0. The van der Waals surface area contributed by atoms with E-state index in [9.17, 15) is 0 Å². The Morgan fingerprint density at radius 3 is 1.70 bits per heavy atom. The molecule has 7 aromatic carbocycles. The van der Waals surface area contributed by atoms with Gasteiger partial charge in [0.2, 0.25) is 0 Å². The number of allylic oxidation sites excluding steroid dienone is 1. The minimum atomic E-state index is -0.349. The Balaban J connectivity index is 1.00. The quantitative estimate of drug-likeness (QED) is 0.171. The lowest BCUT2D eigenvalue weighted by Crippen LogP contribution is -2.26. The number of para-hydroxylation sites is 1. The SMILES string of the molecule is C1=Cc2c(n(-c3ccccc3)c3ccc(-c4ccc5c(c4)c4c(n5-c5ccc6c(c5)C5(c7ccccc7-c7ccccc75)c5ccccc5-6)CCCC4)cc23)CC1. The van der Waals surface area contributed by atoms with E-state index < -0.39 is 0 Å². The summed E-state index contributed by atoms with van der Waals surface area (Å²) < 4.78 is 5.11. The number of nitrogens with zero attached hydrogens (tertiary/aromatic N) is 2. The van der Waals surface area contributed by atoms with Crippen LogP contribution >= 0.6 is 0 Å². The van der Waals surface area contributed by atoms with Gasteiger partial charge in [-0.15, -0.1) is 0 Å². The minimum Gasteiger partial charge on any atom is -0.313 e. The molecule has 0 saturated heterocycles. The molecule has 0 radical (unpaired) electrons. The molecular weight excluding hydrogens is 689 g/mol. The van der Waals surface area contributed by atoms with E-state index in [0.29, 0.717) is 0 Å². The van der Waals surface area contributed by atoms with Crippen molar-refractivity contribution in [3.05, 3.63) is 209 Å². The molecule has 0 N–H and O–H groups in total. The van der Waals surface area contributed by atoms with Crippen molar-refractivity contribution >= 4 is 27.9 Å². The maximum atomic E-state index is 2.63. The molecule has 0 atom stereocenters. The van der Waals surface area contributed by atoms with E-state index in [4.69, 9.17) is 0 Å². The molecule has 0 amide bonds. The van der Waals surface area contributed by atoms with Crippen LogP contribution < -0.4 is 0 Å². The number of rotatable bonds is 3. The van der Waals surface area contributed by atoms with Gasteiger partial charge in [0.1, 0.15) is 0 Å². The van der Waals surface area contributed by atoms with Crippen LogP contribution in [-0.4, -0.2) is 9.13 Å². The third kappa shape index (κ3) is 4.15. The summed E-state index contributed by atoms with van der Waals surface area (Å²) in [6.07, 6.45) is 11.5. The summed E-state index contributed by atoms with van der Waals surface area (Å²) in [7, 11) is 0. The second-order valence-corrected chi connectivity index (χ2v) is 16.5. The van der Waals surface area contributed by atoms with Crippen molar-refractivity contribution in [3.63, 3.8) is 0 Å². The lowest BCUT2D eigenvalue weighted by Gasteiger charge is -2.31. The molecule has 0 bridgehead atoms. The predicted octanol–water partition coefficient (Wildman–Crippen LogP) is 13.4. The van der Waals surface area contributed by atoms with E-state index in [2.05, 4.69) is 179 Å². The van der Waals surface area contributed by atoms with Crippen molar-refractivity contribution < 1.29 is 0 Å². The molecule has 0 aliphatic heterocycles. The zero-order valence-electron chi connectivity index (χ0n) is 31.8. The van der Waals surface area contributed by atoms with Gasteiger partial charge in [-0.1, -0.05) is 121 Å². The highest BCUT2D eigenvalue weighted by molar-refractivity contribution is 5.99. The molecular formula is C55H40N2. The molecule has 2 heteroatoms. The van der Waals surface area contributed by atoms with E-state index in [1.54, 1.807) is 0 Å². The average Bonchev–Trinajstić information content (AvgIpc) is 3.98. The van der Waals surface area contributed by atoms with Crippen molar-refractivity contribution in [3.8, 4) is 44.8 Å².